The van der Waals surface area contributed by atoms with Crippen molar-refractivity contribution in [2.75, 3.05) is 23.0 Å². The summed E-state index contributed by atoms with van der Waals surface area (Å²) in [6.45, 7) is 0. The molecule has 0 bridgehead atoms. The molecular weight excluding hydrogens is 262 g/mol. The monoisotopic (exact) mass is 277 g/mol. The number of benzene rings is 1. The van der Waals surface area contributed by atoms with Gasteiger partial charge in [0, 0.05) is 22.1 Å². The van der Waals surface area contributed by atoms with Crippen LogP contribution in [0.5, 0.6) is 0 Å². The summed E-state index contributed by atoms with van der Waals surface area (Å²) in [5, 5.41) is 1.02. The molecule has 2 rings (SSSR count). The Balaban J connectivity index is 1.73. The topological polar surface area (TPSA) is 64.9 Å². The van der Waals surface area contributed by atoms with Gasteiger partial charge in [-0.2, -0.15) is 0 Å². The van der Waals surface area contributed by atoms with Crippen LogP contribution in [0.15, 0.2) is 52.5 Å². The highest BCUT2D eigenvalue weighted by molar-refractivity contribution is 8.02. The highest BCUT2D eigenvalue weighted by atomic mass is 32.2. The number of pyridine rings is 1. The van der Waals surface area contributed by atoms with Crippen molar-refractivity contribution in [1.29, 1.82) is 0 Å². The Morgan fingerprint density at radius 2 is 1.50 bits per heavy atom. The van der Waals surface area contributed by atoms with Crippen molar-refractivity contribution in [2.45, 2.75) is 9.92 Å². The largest absolute Gasteiger partial charge is 0.399 e. The van der Waals surface area contributed by atoms with Crippen LogP contribution >= 0.6 is 23.5 Å². The minimum atomic E-state index is 0.704. The van der Waals surface area contributed by atoms with Gasteiger partial charge < -0.3 is 11.5 Å². The lowest BCUT2D eigenvalue weighted by molar-refractivity contribution is 1.14. The van der Waals surface area contributed by atoms with E-state index in [9.17, 15) is 0 Å². The Hall–Kier alpha value is -1.33. The second-order valence-corrected chi connectivity index (χ2v) is 5.98. The fourth-order valence-corrected chi connectivity index (χ4v) is 3.08. The molecule has 0 fully saturated rings. The van der Waals surface area contributed by atoms with E-state index in [2.05, 4.69) is 4.98 Å². The lowest BCUT2D eigenvalue weighted by atomic mass is 10.3. The van der Waals surface area contributed by atoms with Crippen LogP contribution in [-0.4, -0.2) is 16.5 Å². The average molecular weight is 277 g/mol. The van der Waals surface area contributed by atoms with Crippen LogP contribution in [0, 0.1) is 0 Å². The standard InChI is InChI=1S/C13H15N3S2/c14-10-1-4-12(5-2-10)17-7-8-18-13-6-3-11(15)9-16-13/h1-6,9H,7-8,14-15H2. The van der Waals surface area contributed by atoms with E-state index in [1.165, 1.54) is 4.90 Å². The van der Waals surface area contributed by atoms with Crippen molar-refractivity contribution < 1.29 is 0 Å². The summed E-state index contributed by atoms with van der Waals surface area (Å²) in [5.41, 5.74) is 12.7. The Kier molecular flexibility index (Phi) is 4.78. The summed E-state index contributed by atoms with van der Waals surface area (Å²) in [4.78, 5) is 5.49. The van der Waals surface area contributed by atoms with Crippen LogP contribution in [0.25, 0.3) is 0 Å². The van der Waals surface area contributed by atoms with Gasteiger partial charge >= 0.3 is 0 Å². The summed E-state index contributed by atoms with van der Waals surface area (Å²) in [7, 11) is 0. The maximum atomic E-state index is 5.64. The van der Waals surface area contributed by atoms with Gasteiger partial charge in [-0.25, -0.2) is 4.98 Å². The molecule has 0 aliphatic heterocycles. The number of aromatic nitrogens is 1. The van der Waals surface area contributed by atoms with Crippen LogP contribution in [-0.2, 0) is 0 Å². The molecule has 0 saturated carbocycles. The van der Waals surface area contributed by atoms with Crippen LogP contribution in [0.2, 0.25) is 0 Å². The normalized spacial score (nSPS) is 10.4. The smallest absolute Gasteiger partial charge is 0.0961 e. The molecular formula is C13H15N3S2. The zero-order valence-corrected chi connectivity index (χ0v) is 11.5. The molecule has 0 radical (unpaired) electrons. The highest BCUT2D eigenvalue weighted by Crippen LogP contribution is 2.22. The van der Waals surface area contributed by atoms with Gasteiger partial charge in [0.25, 0.3) is 0 Å². The summed E-state index contributed by atoms with van der Waals surface area (Å²) in [6.07, 6.45) is 1.69. The first-order valence-electron chi connectivity index (χ1n) is 5.57. The molecule has 4 N–H and O–H groups in total. The zero-order chi connectivity index (χ0) is 12.8. The third-order valence-electron chi connectivity index (χ3n) is 2.24. The summed E-state index contributed by atoms with van der Waals surface area (Å²) >= 11 is 3.56. The second kappa shape index (κ2) is 6.56. The zero-order valence-electron chi connectivity index (χ0n) is 9.87. The predicted molar refractivity (Wildman–Crippen MR) is 81.0 cm³/mol. The van der Waals surface area contributed by atoms with Crippen molar-refractivity contribution >= 4 is 34.9 Å². The minimum absolute atomic E-state index is 0.704. The third-order valence-corrected chi connectivity index (χ3v) is 4.46. The molecule has 1 aromatic carbocycles. The summed E-state index contributed by atoms with van der Waals surface area (Å²) in [5.74, 6) is 2.06. The molecule has 0 amide bonds. The van der Waals surface area contributed by atoms with E-state index >= 15 is 0 Å². The quantitative estimate of drug-likeness (QED) is 0.499. The number of hydrogen-bond acceptors (Lipinski definition) is 5. The molecule has 0 saturated heterocycles. The number of rotatable bonds is 5. The molecule has 5 heteroatoms. The van der Waals surface area contributed by atoms with Gasteiger partial charge in [0.15, 0.2) is 0 Å². The molecule has 1 heterocycles. The number of hydrogen-bond donors (Lipinski definition) is 2. The van der Waals surface area contributed by atoms with Crippen molar-refractivity contribution in [2.24, 2.45) is 0 Å². The molecule has 0 unspecified atom stereocenters. The van der Waals surface area contributed by atoms with E-state index in [-0.39, 0.29) is 0 Å². The first-order chi connectivity index (χ1) is 8.74. The third kappa shape index (κ3) is 4.16. The average Bonchev–Trinajstić information content (AvgIpc) is 2.39. The number of nitrogens with two attached hydrogens (primary N) is 2. The van der Waals surface area contributed by atoms with Gasteiger partial charge in [-0.05, 0) is 36.4 Å². The molecule has 3 nitrogen and oxygen atoms in total. The predicted octanol–water partition coefficient (Wildman–Crippen LogP) is 3.13. The second-order valence-electron chi connectivity index (χ2n) is 3.70. The van der Waals surface area contributed by atoms with Gasteiger partial charge in [0.2, 0.25) is 0 Å². The van der Waals surface area contributed by atoms with Crippen LogP contribution in [0.4, 0.5) is 11.4 Å². The van der Waals surface area contributed by atoms with Crippen molar-refractivity contribution in [3.63, 3.8) is 0 Å². The lowest BCUT2D eigenvalue weighted by Gasteiger charge is -2.02. The van der Waals surface area contributed by atoms with E-state index in [0.717, 1.165) is 22.2 Å². The van der Waals surface area contributed by atoms with Gasteiger partial charge in [0.1, 0.15) is 0 Å². The van der Waals surface area contributed by atoms with E-state index in [4.69, 9.17) is 11.5 Å². The molecule has 2 aromatic rings. The first-order valence-corrected chi connectivity index (χ1v) is 7.54. The van der Waals surface area contributed by atoms with Gasteiger partial charge in [-0.3, -0.25) is 0 Å². The van der Waals surface area contributed by atoms with Crippen molar-refractivity contribution in [1.82, 2.24) is 4.98 Å². The van der Waals surface area contributed by atoms with Crippen molar-refractivity contribution in [3.8, 4) is 0 Å². The van der Waals surface area contributed by atoms with Gasteiger partial charge in [-0.15, -0.1) is 23.5 Å². The Labute approximate surface area is 115 Å². The molecule has 0 aliphatic carbocycles. The lowest BCUT2D eigenvalue weighted by Crippen LogP contribution is -1.89. The summed E-state index contributed by atoms with van der Waals surface area (Å²) < 4.78 is 0. The molecule has 18 heavy (non-hydrogen) atoms. The Bertz CT molecular complexity index is 435. The number of anilines is 2. The number of thioether (sulfide) groups is 2. The van der Waals surface area contributed by atoms with Crippen LogP contribution in [0.1, 0.15) is 0 Å². The maximum absolute atomic E-state index is 5.64. The molecule has 1 aromatic heterocycles. The van der Waals surface area contributed by atoms with Gasteiger partial charge in [0.05, 0.1) is 16.9 Å². The molecule has 0 atom stereocenters. The molecule has 0 spiro atoms. The van der Waals surface area contributed by atoms with E-state index in [0.29, 0.717) is 5.69 Å². The van der Waals surface area contributed by atoms with E-state index < -0.39 is 0 Å². The molecule has 0 aliphatic rings. The molecule has 94 valence electrons. The van der Waals surface area contributed by atoms with Crippen LogP contribution < -0.4 is 11.5 Å². The fourth-order valence-electron chi connectivity index (χ4n) is 1.35. The minimum Gasteiger partial charge on any atom is -0.399 e. The van der Waals surface area contributed by atoms with E-state index in [1.54, 1.807) is 18.0 Å². The number of nitrogen functional groups attached to an aromatic ring is 2. The Morgan fingerprint density at radius 1 is 0.833 bits per heavy atom. The number of nitrogens with zero attached hydrogens (tertiary/aromatic N) is 1. The first kappa shape index (κ1) is 13.1. The van der Waals surface area contributed by atoms with Crippen LogP contribution in [0.3, 0.4) is 0 Å². The summed E-state index contributed by atoms with van der Waals surface area (Å²) in [6, 6.07) is 11.8. The van der Waals surface area contributed by atoms with Crippen molar-refractivity contribution in [3.05, 3.63) is 42.6 Å². The maximum Gasteiger partial charge on any atom is 0.0961 e. The van der Waals surface area contributed by atoms with Gasteiger partial charge in [-0.1, -0.05) is 0 Å². The fraction of sp³-hybridized carbons (Fsp3) is 0.154. The Morgan fingerprint density at radius 3 is 2.17 bits per heavy atom. The van der Waals surface area contributed by atoms with E-state index in [1.807, 2.05) is 48.2 Å². The highest BCUT2D eigenvalue weighted by Gasteiger charge is 1.97. The SMILES string of the molecule is Nc1ccc(SCCSc2ccc(N)cn2)cc1.